The van der Waals surface area contributed by atoms with Gasteiger partial charge < -0.3 is 26.2 Å². The number of nitrogens with one attached hydrogen (secondary N) is 2. The SMILES string of the molecule is CN(C)C/C=C/C(=O)Nc1cccc(N2C(=O)N(Cc3ccccc3)Cc3cnc(NC(=CN)c4ncccn4)nc32)c1. The van der Waals surface area contributed by atoms with Gasteiger partial charge in [0.2, 0.25) is 11.9 Å². The third-order valence-electron chi connectivity index (χ3n) is 6.42. The van der Waals surface area contributed by atoms with Crippen molar-refractivity contribution in [2.75, 3.05) is 36.2 Å². The molecule has 0 aliphatic carbocycles. The molecule has 1 aliphatic heterocycles. The number of hydrogen-bond donors (Lipinski definition) is 3. The number of anilines is 4. The van der Waals surface area contributed by atoms with Crippen molar-refractivity contribution in [3.63, 3.8) is 0 Å². The summed E-state index contributed by atoms with van der Waals surface area (Å²) >= 11 is 0. The van der Waals surface area contributed by atoms with Gasteiger partial charge in [0.15, 0.2) is 11.6 Å². The molecule has 43 heavy (non-hydrogen) atoms. The van der Waals surface area contributed by atoms with E-state index in [9.17, 15) is 9.59 Å². The van der Waals surface area contributed by atoms with Crippen LogP contribution in [0.15, 0.2) is 97.6 Å². The van der Waals surface area contributed by atoms with E-state index in [-0.39, 0.29) is 17.9 Å². The molecule has 0 bridgehead atoms. The fraction of sp³-hybridized carbons (Fsp3) is 0.161. The van der Waals surface area contributed by atoms with Crippen LogP contribution < -0.4 is 21.3 Å². The number of fused-ring (bicyclic) bond motifs is 1. The number of aromatic nitrogens is 4. The van der Waals surface area contributed by atoms with Gasteiger partial charge in [-0.25, -0.2) is 24.6 Å². The fourth-order valence-corrected chi connectivity index (χ4v) is 4.44. The smallest absolute Gasteiger partial charge is 0.330 e. The zero-order valence-corrected chi connectivity index (χ0v) is 23.9. The minimum Gasteiger partial charge on any atom is -0.403 e. The van der Waals surface area contributed by atoms with Crippen LogP contribution in [-0.2, 0) is 17.9 Å². The number of rotatable bonds is 10. The first-order chi connectivity index (χ1) is 20.9. The second kappa shape index (κ2) is 13.4. The minimum absolute atomic E-state index is 0.215. The summed E-state index contributed by atoms with van der Waals surface area (Å²) in [5.74, 6) is 0.726. The first-order valence-corrected chi connectivity index (χ1v) is 13.6. The van der Waals surface area contributed by atoms with Crippen molar-refractivity contribution < 1.29 is 9.59 Å². The topological polar surface area (TPSA) is 146 Å². The van der Waals surface area contributed by atoms with Crippen LogP contribution in [0.3, 0.4) is 0 Å². The number of hydrogen-bond acceptors (Lipinski definition) is 9. The van der Waals surface area contributed by atoms with Crippen molar-refractivity contribution in [2.24, 2.45) is 5.73 Å². The summed E-state index contributed by atoms with van der Waals surface area (Å²) in [6, 6.07) is 18.3. The van der Waals surface area contributed by atoms with Crippen molar-refractivity contribution in [3.05, 3.63) is 115 Å². The number of benzene rings is 2. The first-order valence-electron chi connectivity index (χ1n) is 13.6. The van der Waals surface area contributed by atoms with Gasteiger partial charge in [0, 0.05) is 55.2 Å². The quantitative estimate of drug-likeness (QED) is 0.239. The van der Waals surface area contributed by atoms with E-state index in [1.54, 1.807) is 59.9 Å². The van der Waals surface area contributed by atoms with Gasteiger partial charge in [-0.15, -0.1) is 0 Å². The maximum atomic E-state index is 14.1. The molecule has 4 aromatic rings. The van der Waals surface area contributed by atoms with E-state index in [2.05, 4.69) is 25.6 Å². The zero-order chi connectivity index (χ0) is 30.2. The average Bonchev–Trinajstić information content (AvgIpc) is 3.01. The van der Waals surface area contributed by atoms with E-state index < -0.39 is 0 Å². The Kier molecular flexibility index (Phi) is 8.98. The van der Waals surface area contributed by atoms with Crippen LogP contribution in [0.4, 0.5) is 27.9 Å². The highest BCUT2D eigenvalue weighted by atomic mass is 16.2. The van der Waals surface area contributed by atoms with Crippen molar-refractivity contribution in [3.8, 4) is 0 Å². The molecule has 0 fully saturated rings. The summed E-state index contributed by atoms with van der Waals surface area (Å²) in [6.45, 7) is 1.35. The molecule has 218 valence electrons. The zero-order valence-electron chi connectivity index (χ0n) is 23.9. The van der Waals surface area contributed by atoms with E-state index in [4.69, 9.17) is 10.7 Å². The predicted molar refractivity (Wildman–Crippen MR) is 166 cm³/mol. The lowest BCUT2D eigenvalue weighted by molar-refractivity contribution is -0.111. The molecule has 3 heterocycles. The van der Waals surface area contributed by atoms with Crippen LogP contribution in [0.5, 0.6) is 0 Å². The first kappa shape index (κ1) is 28.9. The van der Waals surface area contributed by atoms with E-state index in [1.807, 2.05) is 49.3 Å². The molecule has 12 heteroatoms. The predicted octanol–water partition coefficient (Wildman–Crippen LogP) is 3.97. The maximum absolute atomic E-state index is 14.1. The van der Waals surface area contributed by atoms with Gasteiger partial charge in [-0.05, 0) is 43.9 Å². The van der Waals surface area contributed by atoms with Gasteiger partial charge in [0.05, 0.1) is 12.2 Å². The molecule has 0 radical (unpaired) electrons. The van der Waals surface area contributed by atoms with E-state index in [0.29, 0.717) is 48.3 Å². The lowest BCUT2D eigenvalue weighted by atomic mass is 10.1. The Labute approximate surface area is 249 Å². The second-order valence-electron chi connectivity index (χ2n) is 9.98. The Bertz CT molecular complexity index is 1640. The number of nitrogens with two attached hydrogens (primary N) is 1. The fourth-order valence-electron chi connectivity index (χ4n) is 4.44. The van der Waals surface area contributed by atoms with Crippen molar-refractivity contribution >= 4 is 40.8 Å². The third-order valence-corrected chi connectivity index (χ3v) is 6.42. The molecular formula is C31H32N10O2. The van der Waals surface area contributed by atoms with E-state index in [1.165, 1.54) is 17.2 Å². The lowest BCUT2D eigenvalue weighted by Crippen LogP contribution is -2.45. The van der Waals surface area contributed by atoms with Gasteiger partial charge in [-0.3, -0.25) is 4.79 Å². The highest BCUT2D eigenvalue weighted by molar-refractivity contribution is 6.03. The average molecular weight is 577 g/mol. The molecule has 2 aromatic carbocycles. The van der Waals surface area contributed by atoms with Crippen LogP contribution in [0.1, 0.15) is 17.0 Å². The van der Waals surface area contributed by atoms with Crippen molar-refractivity contribution in [1.29, 1.82) is 0 Å². The molecule has 4 N–H and O–H groups in total. The monoisotopic (exact) mass is 576 g/mol. The highest BCUT2D eigenvalue weighted by Crippen LogP contribution is 2.35. The summed E-state index contributed by atoms with van der Waals surface area (Å²) in [5, 5.41) is 5.94. The standard InChI is InChI=1S/C31H32N10O2/c1-39(2)16-7-13-27(42)36-24-11-6-12-25(17-24)41-29-23(21-40(31(41)43)20-22-9-4-3-5-10-22)19-35-30(38-29)37-26(18-32)28-33-14-8-15-34-28/h3-15,17-19H,16,20-21,32H2,1-2H3,(H,36,42)(H,35,37,38)/b13-7+,26-18?. The van der Waals surface area contributed by atoms with Gasteiger partial charge in [0.1, 0.15) is 5.70 Å². The summed E-state index contributed by atoms with van der Waals surface area (Å²) in [5.41, 5.74) is 9.06. The lowest BCUT2D eigenvalue weighted by Gasteiger charge is -2.36. The second-order valence-corrected chi connectivity index (χ2v) is 9.98. The van der Waals surface area contributed by atoms with Crippen molar-refractivity contribution in [1.82, 2.24) is 29.7 Å². The molecule has 12 nitrogen and oxygen atoms in total. The Balaban J connectivity index is 1.48. The number of likely N-dealkylation sites (N-methyl/N-ethyl adjacent to an activating group) is 1. The molecule has 1 aliphatic rings. The highest BCUT2D eigenvalue weighted by Gasteiger charge is 2.33. The number of carbonyl (C=O) groups is 2. The largest absolute Gasteiger partial charge is 0.403 e. The molecule has 0 atom stereocenters. The summed E-state index contributed by atoms with van der Waals surface area (Å²) < 4.78 is 0. The summed E-state index contributed by atoms with van der Waals surface area (Å²) in [7, 11) is 3.85. The van der Waals surface area contributed by atoms with Crippen molar-refractivity contribution in [2.45, 2.75) is 13.1 Å². The van der Waals surface area contributed by atoms with Crippen LogP contribution in [0.25, 0.3) is 5.70 Å². The molecule has 0 saturated heterocycles. The van der Waals surface area contributed by atoms with Crippen LogP contribution in [0, 0.1) is 0 Å². The number of amides is 3. The molecule has 0 spiro atoms. The number of carbonyl (C=O) groups excluding carboxylic acids is 2. The number of nitrogens with zero attached hydrogens (tertiary/aromatic N) is 7. The summed E-state index contributed by atoms with van der Waals surface area (Å²) in [6.07, 6.45) is 9.49. The normalized spacial score (nSPS) is 13.4. The van der Waals surface area contributed by atoms with E-state index >= 15 is 0 Å². The Morgan fingerprint density at radius 1 is 1.02 bits per heavy atom. The molecule has 5 rings (SSSR count). The molecule has 3 amide bonds. The minimum atomic E-state index is -0.270. The van der Waals surface area contributed by atoms with Gasteiger partial charge in [-0.2, -0.15) is 4.98 Å². The summed E-state index contributed by atoms with van der Waals surface area (Å²) in [4.78, 5) is 49.5. The molecular weight excluding hydrogens is 544 g/mol. The molecule has 0 unspecified atom stereocenters. The number of urea groups is 1. The van der Waals surface area contributed by atoms with Crippen LogP contribution in [-0.4, -0.2) is 62.3 Å². The maximum Gasteiger partial charge on any atom is 0.330 e. The molecule has 2 aromatic heterocycles. The molecule has 0 saturated carbocycles. The van der Waals surface area contributed by atoms with Gasteiger partial charge in [0.25, 0.3) is 0 Å². The van der Waals surface area contributed by atoms with E-state index in [0.717, 1.165) is 11.1 Å². The van der Waals surface area contributed by atoms with Crippen LogP contribution >= 0.6 is 0 Å². The third kappa shape index (κ3) is 7.18. The Morgan fingerprint density at radius 2 is 1.81 bits per heavy atom. The van der Waals surface area contributed by atoms with Gasteiger partial charge in [-0.1, -0.05) is 42.5 Å². The van der Waals surface area contributed by atoms with Crippen LogP contribution in [0.2, 0.25) is 0 Å². The van der Waals surface area contributed by atoms with Gasteiger partial charge >= 0.3 is 6.03 Å². The Hall–Kier alpha value is -5.62. The Morgan fingerprint density at radius 3 is 2.56 bits per heavy atom.